The molecule has 5 unspecified atom stereocenters. The van der Waals surface area contributed by atoms with Crippen molar-refractivity contribution in [3.8, 4) is 0 Å². The second-order valence-electron chi connectivity index (χ2n) is 8.00. The molecule has 35 heavy (non-hydrogen) atoms. The Labute approximate surface area is 202 Å². The fourth-order valence-electron chi connectivity index (χ4n) is 2.82. The number of carboxylic acids is 2. The fraction of sp³-hybridized carbons (Fsp3) is 0.700. The van der Waals surface area contributed by atoms with E-state index in [4.69, 9.17) is 32.5 Å². The van der Waals surface area contributed by atoms with Crippen molar-refractivity contribution in [2.75, 3.05) is 13.2 Å². The first-order chi connectivity index (χ1) is 16.3. The first-order valence-electron chi connectivity index (χ1n) is 11.1. The van der Waals surface area contributed by atoms with Crippen LogP contribution in [-0.2, 0) is 24.0 Å². The Morgan fingerprint density at radius 2 is 1.40 bits per heavy atom. The molecule has 15 nitrogen and oxygen atoms in total. The van der Waals surface area contributed by atoms with Gasteiger partial charge in [-0.05, 0) is 25.2 Å². The van der Waals surface area contributed by atoms with Crippen LogP contribution in [0, 0.1) is 5.92 Å². The van der Waals surface area contributed by atoms with Gasteiger partial charge in [-0.3, -0.25) is 24.2 Å². The minimum Gasteiger partial charge on any atom is -0.481 e. The Bertz CT molecular complexity index is 773. The van der Waals surface area contributed by atoms with Gasteiger partial charge in [0.2, 0.25) is 17.7 Å². The number of nitrogens with two attached hydrogens (primary N) is 3. The Morgan fingerprint density at radius 3 is 1.86 bits per heavy atom. The number of carbonyl (C=O) groups excluding carboxylic acids is 3. The molecule has 0 aromatic carbocycles. The van der Waals surface area contributed by atoms with E-state index in [2.05, 4.69) is 20.9 Å². The van der Waals surface area contributed by atoms with Crippen LogP contribution in [0.4, 0.5) is 0 Å². The zero-order valence-electron chi connectivity index (χ0n) is 19.9. The van der Waals surface area contributed by atoms with E-state index in [1.54, 1.807) is 6.92 Å². The third-order valence-electron chi connectivity index (χ3n) is 5.22. The molecule has 0 aromatic heterocycles. The molecule has 5 atom stereocenters. The molecule has 0 saturated carbocycles. The van der Waals surface area contributed by atoms with Crippen LogP contribution >= 0.6 is 0 Å². The van der Waals surface area contributed by atoms with Gasteiger partial charge in [-0.2, -0.15) is 0 Å². The smallest absolute Gasteiger partial charge is 0.328 e. The molecular formula is C20H37N7O8. The van der Waals surface area contributed by atoms with Gasteiger partial charge >= 0.3 is 11.9 Å². The molecule has 0 aromatic rings. The molecule has 0 heterocycles. The number of carbonyl (C=O) groups is 5. The van der Waals surface area contributed by atoms with E-state index in [1.165, 1.54) is 0 Å². The normalized spacial score (nSPS) is 15.0. The van der Waals surface area contributed by atoms with Crippen molar-refractivity contribution >= 4 is 35.6 Å². The number of carboxylic acid groups (broad SMARTS) is 2. The number of aliphatic carboxylic acids is 2. The number of aliphatic hydroxyl groups is 1. The molecule has 0 rings (SSSR count). The number of amides is 3. The molecule has 12 N–H and O–H groups in total. The van der Waals surface area contributed by atoms with Crippen LogP contribution in [0.1, 0.15) is 46.0 Å². The van der Waals surface area contributed by atoms with E-state index in [9.17, 15) is 24.0 Å². The summed E-state index contributed by atoms with van der Waals surface area (Å²) in [6.45, 7) is 2.79. The highest BCUT2D eigenvalue weighted by atomic mass is 16.4. The number of hydrogen-bond donors (Lipinski definition) is 9. The van der Waals surface area contributed by atoms with Crippen LogP contribution in [0.3, 0.4) is 0 Å². The zero-order chi connectivity index (χ0) is 27.1. The standard InChI is InChI=1S/C20H37N7O8/c1-3-10(2)15(21)18(33)26-12(6-7-14(29)30)17(32)25-11(5-4-8-24-20(22)23)16(31)27-13(9-28)19(34)35/h10-13,15,28H,3-9,21H2,1-2H3,(H,25,32)(H,26,33)(H,27,31)(H,29,30)(H,34,35)(H4,22,23,24). The second kappa shape index (κ2) is 16.2. The monoisotopic (exact) mass is 503 g/mol. The van der Waals surface area contributed by atoms with Crippen LogP contribution in [0.5, 0.6) is 0 Å². The maximum atomic E-state index is 12.9. The average Bonchev–Trinajstić information content (AvgIpc) is 2.79. The summed E-state index contributed by atoms with van der Waals surface area (Å²) in [4.78, 5) is 64.0. The van der Waals surface area contributed by atoms with Crippen LogP contribution < -0.4 is 33.2 Å². The summed E-state index contributed by atoms with van der Waals surface area (Å²) < 4.78 is 0. The lowest BCUT2D eigenvalue weighted by Crippen LogP contribution is -2.58. The van der Waals surface area contributed by atoms with Crippen LogP contribution in [-0.4, -0.2) is 88.3 Å². The molecule has 0 aliphatic carbocycles. The largest absolute Gasteiger partial charge is 0.481 e. The van der Waals surface area contributed by atoms with E-state index in [-0.39, 0.29) is 37.7 Å². The van der Waals surface area contributed by atoms with Crippen LogP contribution in [0.15, 0.2) is 4.99 Å². The lowest BCUT2D eigenvalue weighted by atomic mass is 9.98. The number of rotatable bonds is 17. The molecule has 200 valence electrons. The van der Waals surface area contributed by atoms with E-state index >= 15 is 0 Å². The van der Waals surface area contributed by atoms with Gasteiger partial charge < -0.3 is 48.5 Å². The number of nitrogens with one attached hydrogen (secondary N) is 3. The summed E-state index contributed by atoms with van der Waals surface area (Å²) in [5.41, 5.74) is 16.4. The van der Waals surface area contributed by atoms with Crippen molar-refractivity contribution in [1.29, 1.82) is 0 Å². The molecule has 0 bridgehead atoms. The third-order valence-corrected chi connectivity index (χ3v) is 5.22. The number of guanidine groups is 1. The second-order valence-corrected chi connectivity index (χ2v) is 8.00. The topological polar surface area (TPSA) is 273 Å². The number of aliphatic hydroxyl groups excluding tert-OH is 1. The lowest BCUT2D eigenvalue weighted by Gasteiger charge is -2.25. The molecule has 0 aliphatic heterocycles. The molecule has 0 fully saturated rings. The Balaban J connectivity index is 5.62. The van der Waals surface area contributed by atoms with Crippen molar-refractivity contribution in [2.24, 2.45) is 28.1 Å². The minimum atomic E-state index is -1.62. The van der Waals surface area contributed by atoms with Gasteiger partial charge in [-0.15, -0.1) is 0 Å². The molecule has 15 heteroatoms. The number of hydrogen-bond acceptors (Lipinski definition) is 8. The summed E-state index contributed by atoms with van der Waals surface area (Å²) >= 11 is 0. The van der Waals surface area contributed by atoms with E-state index in [1.807, 2.05) is 6.92 Å². The quantitative estimate of drug-likeness (QED) is 0.0541. The molecule has 0 radical (unpaired) electrons. The molecular weight excluding hydrogens is 466 g/mol. The van der Waals surface area contributed by atoms with Gasteiger partial charge in [0, 0.05) is 13.0 Å². The first kappa shape index (κ1) is 31.5. The lowest BCUT2D eigenvalue weighted by molar-refractivity contribution is -0.143. The summed E-state index contributed by atoms with van der Waals surface area (Å²) in [6.07, 6.45) is 0.0330. The minimum absolute atomic E-state index is 0.0297. The van der Waals surface area contributed by atoms with Crippen molar-refractivity contribution in [3.05, 3.63) is 0 Å². The Morgan fingerprint density at radius 1 is 0.886 bits per heavy atom. The number of nitrogens with zero attached hydrogens (tertiary/aromatic N) is 1. The van der Waals surface area contributed by atoms with Crippen LogP contribution in [0.2, 0.25) is 0 Å². The zero-order valence-corrected chi connectivity index (χ0v) is 19.9. The Kier molecular flexibility index (Phi) is 14.6. The van der Waals surface area contributed by atoms with Crippen molar-refractivity contribution in [3.63, 3.8) is 0 Å². The van der Waals surface area contributed by atoms with Crippen molar-refractivity contribution < 1.29 is 39.3 Å². The van der Waals surface area contributed by atoms with E-state index in [0.717, 1.165) is 0 Å². The fourth-order valence-corrected chi connectivity index (χ4v) is 2.82. The van der Waals surface area contributed by atoms with Gasteiger partial charge in [0.15, 0.2) is 5.96 Å². The van der Waals surface area contributed by atoms with Crippen LogP contribution in [0.25, 0.3) is 0 Å². The molecule has 3 amide bonds. The average molecular weight is 504 g/mol. The van der Waals surface area contributed by atoms with Gasteiger partial charge in [-0.1, -0.05) is 20.3 Å². The van der Waals surface area contributed by atoms with Gasteiger partial charge in [0.05, 0.1) is 12.6 Å². The molecule has 0 spiro atoms. The third kappa shape index (κ3) is 12.5. The van der Waals surface area contributed by atoms with E-state index < -0.39 is 66.9 Å². The highest BCUT2D eigenvalue weighted by Crippen LogP contribution is 2.08. The maximum absolute atomic E-state index is 12.9. The summed E-state index contributed by atoms with van der Waals surface area (Å²) in [6, 6.07) is -5.18. The van der Waals surface area contributed by atoms with Gasteiger partial charge in [-0.25, -0.2) is 4.79 Å². The molecule has 0 aliphatic rings. The first-order valence-corrected chi connectivity index (χ1v) is 11.1. The molecule has 0 saturated heterocycles. The Hall–Kier alpha value is -3.46. The van der Waals surface area contributed by atoms with Crippen molar-refractivity contribution in [2.45, 2.75) is 70.1 Å². The summed E-state index contributed by atoms with van der Waals surface area (Å²) in [7, 11) is 0. The summed E-state index contributed by atoms with van der Waals surface area (Å²) in [5.74, 6) is -5.53. The predicted molar refractivity (Wildman–Crippen MR) is 125 cm³/mol. The van der Waals surface area contributed by atoms with Crippen molar-refractivity contribution in [1.82, 2.24) is 16.0 Å². The highest BCUT2D eigenvalue weighted by molar-refractivity contribution is 5.94. The number of aliphatic imine (C=N–C) groups is 1. The summed E-state index contributed by atoms with van der Waals surface area (Å²) in [5, 5.41) is 34.2. The SMILES string of the molecule is CCC(C)C(N)C(=O)NC(CCC(=O)O)C(=O)NC(CCCN=C(N)N)C(=O)NC(CO)C(=O)O. The van der Waals surface area contributed by atoms with E-state index in [0.29, 0.717) is 6.42 Å². The highest BCUT2D eigenvalue weighted by Gasteiger charge is 2.31. The van der Waals surface area contributed by atoms with Gasteiger partial charge in [0.25, 0.3) is 0 Å². The predicted octanol–water partition coefficient (Wildman–Crippen LogP) is -3.19. The van der Waals surface area contributed by atoms with Gasteiger partial charge in [0.1, 0.15) is 18.1 Å². The maximum Gasteiger partial charge on any atom is 0.328 e.